The van der Waals surface area contributed by atoms with Crippen molar-refractivity contribution in [2.45, 2.75) is 19.4 Å². The number of rotatable bonds is 6. The molecule has 0 spiro atoms. The topological polar surface area (TPSA) is 51.1 Å². The molecular formula is C20H21FN2O3S. The van der Waals surface area contributed by atoms with Crippen molar-refractivity contribution in [2.24, 2.45) is 4.99 Å². The molecule has 5 nitrogen and oxygen atoms in total. The normalized spacial score (nSPS) is 18.0. The molecule has 1 saturated heterocycles. The lowest BCUT2D eigenvalue weighted by Gasteiger charge is -2.23. The quantitative estimate of drug-likeness (QED) is 0.742. The number of aliphatic imine (C=N–C) groups is 1. The highest BCUT2D eigenvalue weighted by molar-refractivity contribution is 8.14. The van der Waals surface area contributed by atoms with Crippen molar-refractivity contribution in [2.75, 3.05) is 19.5 Å². The van der Waals surface area contributed by atoms with Crippen LogP contribution in [0.2, 0.25) is 0 Å². The predicted octanol–water partition coefficient (Wildman–Crippen LogP) is 4.25. The van der Waals surface area contributed by atoms with E-state index in [0.29, 0.717) is 5.17 Å². The smallest absolute Gasteiger partial charge is 0.266 e. The van der Waals surface area contributed by atoms with E-state index in [4.69, 9.17) is 9.47 Å². The van der Waals surface area contributed by atoms with Gasteiger partial charge in [-0.05, 0) is 42.8 Å². The number of ether oxygens (including phenoxy) is 2. The molecule has 0 saturated carbocycles. The Morgan fingerprint density at radius 1 is 1.26 bits per heavy atom. The molecule has 27 heavy (non-hydrogen) atoms. The number of hydrogen-bond donors (Lipinski definition) is 0. The fraction of sp³-hybridized carbons (Fsp3) is 0.300. The Hall–Kier alpha value is -2.54. The van der Waals surface area contributed by atoms with Crippen LogP contribution in [0.4, 0.5) is 10.1 Å². The second kappa shape index (κ2) is 8.90. The number of thioether (sulfide) groups is 1. The average molecular weight is 388 g/mol. The minimum atomic E-state index is -0.486. The lowest BCUT2D eigenvalue weighted by molar-refractivity contribution is -0.130. The van der Waals surface area contributed by atoms with Crippen LogP contribution >= 0.6 is 11.8 Å². The molecular weight excluding hydrogens is 367 g/mol. The first kappa shape index (κ1) is 19.2. The van der Waals surface area contributed by atoms with Gasteiger partial charge < -0.3 is 9.47 Å². The maximum absolute atomic E-state index is 13.7. The van der Waals surface area contributed by atoms with Crippen molar-refractivity contribution < 1.29 is 18.7 Å². The van der Waals surface area contributed by atoms with Gasteiger partial charge in [-0.1, -0.05) is 30.8 Å². The molecule has 3 rings (SSSR count). The van der Waals surface area contributed by atoms with E-state index in [-0.39, 0.29) is 24.3 Å². The monoisotopic (exact) mass is 388 g/mol. The van der Waals surface area contributed by atoms with Crippen LogP contribution in [-0.2, 0) is 4.79 Å². The van der Waals surface area contributed by atoms with Crippen LogP contribution in [0, 0.1) is 5.82 Å². The van der Waals surface area contributed by atoms with Crippen LogP contribution in [0.3, 0.4) is 0 Å². The number of halogens is 1. The summed E-state index contributed by atoms with van der Waals surface area (Å²) >= 11 is 1.54. The second-order valence-electron chi connectivity index (χ2n) is 5.95. The molecule has 0 unspecified atom stereocenters. The van der Waals surface area contributed by atoms with E-state index in [1.807, 2.05) is 31.2 Å². The summed E-state index contributed by atoms with van der Waals surface area (Å²) in [5.41, 5.74) is 0.739. The molecule has 1 heterocycles. The van der Waals surface area contributed by atoms with E-state index in [9.17, 15) is 9.18 Å². The predicted molar refractivity (Wildman–Crippen MR) is 105 cm³/mol. The fourth-order valence-corrected chi connectivity index (χ4v) is 3.99. The largest absolute Gasteiger partial charge is 0.497 e. The summed E-state index contributed by atoms with van der Waals surface area (Å²) in [4.78, 5) is 19.0. The number of amidine groups is 1. The molecule has 1 amide bonds. The first-order chi connectivity index (χ1) is 13.1. The van der Waals surface area contributed by atoms with E-state index < -0.39 is 5.82 Å². The van der Waals surface area contributed by atoms with E-state index in [2.05, 4.69) is 4.99 Å². The van der Waals surface area contributed by atoms with Crippen molar-refractivity contribution in [1.29, 1.82) is 0 Å². The standard InChI is InChI=1S/C20H21FN2O3S/c1-3-15-13-27-20(22-14-8-10-16(25-2)11-9-14)23(15)19(24)12-26-18-7-5-4-6-17(18)21/h4-11,15H,3,12-13H2,1-2H3/t15-/m1/s1. The number of benzene rings is 2. The Balaban J connectivity index is 1.75. The van der Waals surface area contributed by atoms with Crippen LogP contribution in [0.15, 0.2) is 53.5 Å². The van der Waals surface area contributed by atoms with E-state index in [1.54, 1.807) is 24.1 Å². The van der Waals surface area contributed by atoms with Crippen LogP contribution in [-0.4, -0.2) is 41.5 Å². The van der Waals surface area contributed by atoms with E-state index in [0.717, 1.165) is 23.6 Å². The maximum Gasteiger partial charge on any atom is 0.266 e. The molecule has 0 aliphatic carbocycles. The summed E-state index contributed by atoms with van der Waals surface area (Å²) in [6.07, 6.45) is 0.806. The molecule has 0 aromatic heterocycles. The van der Waals surface area contributed by atoms with Gasteiger partial charge in [-0.25, -0.2) is 9.38 Å². The number of hydrogen-bond acceptors (Lipinski definition) is 5. The molecule has 7 heteroatoms. The van der Waals surface area contributed by atoms with Gasteiger partial charge in [0.25, 0.3) is 5.91 Å². The Kier molecular flexibility index (Phi) is 6.34. The van der Waals surface area contributed by atoms with Crippen molar-refractivity contribution in [3.63, 3.8) is 0 Å². The Labute approximate surface area is 162 Å². The zero-order chi connectivity index (χ0) is 19.2. The van der Waals surface area contributed by atoms with Gasteiger partial charge in [0.2, 0.25) is 0 Å². The molecule has 2 aromatic rings. The number of carbonyl (C=O) groups excluding carboxylic acids is 1. The molecule has 2 aromatic carbocycles. The SMILES string of the molecule is CC[C@@H]1CSC(=Nc2ccc(OC)cc2)N1C(=O)COc1ccccc1F. The highest BCUT2D eigenvalue weighted by Crippen LogP contribution is 2.29. The van der Waals surface area contributed by atoms with Crippen LogP contribution in [0.25, 0.3) is 0 Å². The van der Waals surface area contributed by atoms with Gasteiger partial charge in [-0.3, -0.25) is 9.69 Å². The van der Waals surface area contributed by atoms with E-state index in [1.165, 1.54) is 23.9 Å². The number of para-hydroxylation sites is 1. The van der Waals surface area contributed by atoms with Crippen LogP contribution in [0.5, 0.6) is 11.5 Å². The summed E-state index contributed by atoms with van der Waals surface area (Å²) in [7, 11) is 1.61. The molecule has 0 N–H and O–H groups in total. The highest BCUT2D eigenvalue weighted by atomic mass is 32.2. The number of nitrogens with zero attached hydrogens (tertiary/aromatic N) is 2. The van der Waals surface area contributed by atoms with Gasteiger partial charge in [-0.2, -0.15) is 0 Å². The minimum Gasteiger partial charge on any atom is -0.497 e. The van der Waals surface area contributed by atoms with E-state index >= 15 is 0 Å². The summed E-state index contributed by atoms with van der Waals surface area (Å²) in [6.45, 7) is 1.79. The Morgan fingerprint density at radius 2 is 2.00 bits per heavy atom. The molecule has 1 aliphatic rings. The number of amides is 1. The fourth-order valence-electron chi connectivity index (χ4n) is 2.71. The lowest BCUT2D eigenvalue weighted by Crippen LogP contribution is -2.41. The molecule has 1 fully saturated rings. The van der Waals surface area contributed by atoms with Gasteiger partial charge in [0.05, 0.1) is 12.8 Å². The summed E-state index contributed by atoms with van der Waals surface area (Å²) in [5, 5.41) is 0.633. The van der Waals surface area contributed by atoms with Crippen molar-refractivity contribution in [3.05, 3.63) is 54.3 Å². The van der Waals surface area contributed by atoms with Gasteiger partial charge >= 0.3 is 0 Å². The minimum absolute atomic E-state index is 0.0451. The third kappa shape index (κ3) is 4.60. The van der Waals surface area contributed by atoms with Crippen molar-refractivity contribution >= 4 is 28.5 Å². The first-order valence-corrected chi connectivity index (χ1v) is 9.66. The molecule has 0 radical (unpaired) electrons. The zero-order valence-electron chi connectivity index (χ0n) is 15.2. The molecule has 1 atom stereocenters. The van der Waals surface area contributed by atoms with Gasteiger partial charge in [0, 0.05) is 11.8 Å². The Bertz CT molecular complexity index is 826. The summed E-state index contributed by atoms with van der Waals surface area (Å²) in [5.74, 6) is 0.870. The number of methoxy groups -OCH3 is 1. The van der Waals surface area contributed by atoms with Gasteiger partial charge in [-0.15, -0.1) is 0 Å². The van der Waals surface area contributed by atoms with Crippen molar-refractivity contribution in [3.8, 4) is 11.5 Å². The molecule has 0 bridgehead atoms. The Morgan fingerprint density at radius 3 is 2.67 bits per heavy atom. The van der Waals surface area contributed by atoms with Crippen molar-refractivity contribution in [1.82, 2.24) is 4.90 Å². The molecule has 1 aliphatic heterocycles. The third-order valence-corrected chi connectivity index (χ3v) is 5.30. The van der Waals surface area contributed by atoms with Gasteiger partial charge in [0.1, 0.15) is 5.75 Å². The first-order valence-electron chi connectivity index (χ1n) is 8.67. The zero-order valence-corrected chi connectivity index (χ0v) is 16.0. The average Bonchev–Trinajstić information content (AvgIpc) is 3.10. The highest BCUT2D eigenvalue weighted by Gasteiger charge is 2.34. The maximum atomic E-state index is 13.7. The third-order valence-electron chi connectivity index (χ3n) is 4.20. The summed E-state index contributed by atoms with van der Waals surface area (Å²) in [6, 6.07) is 13.4. The summed E-state index contributed by atoms with van der Waals surface area (Å²) < 4.78 is 24.2. The van der Waals surface area contributed by atoms with Gasteiger partial charge in [0.15, 0.2) is 23.3 Å². The van der Waals surface area contributed by atoms with Crippen LogP contribution in [0.1, 0.15) is 13.3 Å². The molecule has 142 valence electrons. The number of carbonyl (C=O) groups is 1. The van der Waals surface area contributed by atoms with Crippen LogP contribution < -0.4 is 9.47 Å². The second-order valence-corrected chi connectivity index (χ2v) is 6.94. The lowest BCUT2D eigenvalue weighted by atomic mass is 10.2.